The van der Waals surface area contributed by atoms with Crippen molar-refractivity contribution >= 4 is 54.9 Å². The minimum absolute atomic E-state index is 0. The normalized spacial score (nSPS) is 12.4. The van der Waals surface area contributed by atoms with Crippen LogP contribution in [0.15, 0.2) is 185 Å². The number of furan rings is 2. The Balaban J connectivity index is 0.000000275. The summed E-state index contributed by atoms with van der Waals surface area (Å²) in [5.74, 6) is 0.797. The Hall–Kier alpha value is -7.44. The number of benzene rings is 8. The van der Waals surface area contributed by atoms with Crippen molar-refractivity contribution in [3.63, 3.8) is 0 Å². The summed E-state index contributed by atoms with van der Waals surface area (Å²) < 4.78 is 50.4. The van der Waals surface area contributed by atoms with Crippen LogP contribution in [-0.2, 0) is 20.1 Å². The number of halogens is 1. The van der Waals surface area contributed by atoms with E-state index in [-0.39, 0.29) is 43.3 Å². The largest absolute Gasteiger partial charge is 0.501 e. The SMILES string of the molecule is CC(C)c1cc2c(oc3cc(-c4ccccc4)ccc32)c(C(C)C)c1-n1c(-c2[c-]ccc3c2oc2cc(-c4ccccc4)ccc23)nc2ccccc21.[2H]C([2H])([2H])c1ccc(-c2[c-]cc(F)cc2)nc1.[Ir]. The van der Waals surface area contributed by atoms with Crippen molar-refractivity contribution in [3.05, 3.63) is 211 Å². The van der Waals surface area contributed by atoms with Crippen molar-refractivity contribution in [1.82, 2.24) is 14.5 Å². The molecule has 0 aliphatic heterocycles. The maximum absolute atomic E-state index is 12.7. The average molecular weight is 1070 g/mol. The fourth-order valence-corrected chi connectivity index (χ4v) is 9.24. The van der Waals surface area contributed by atoms with Crippen LogP contribution in [0.1, 0.15) is 60.3 Å². The van der Waals surface area contributed by atoms with Crippen molar-refractivity contribution in [2.45, 2.75) is 46.4 Å². The van der Waals surface area contributed by atoms with Crippen LogP contribution < -0.4 is 0 Å². The Morgan fingerprint density at radius 3 is 1.90 bits per heavy atom. The molecule has 4 aromatic heterocycles. The van der Waals surface area contributed by atoms with Crippen molar-refractivity contribution in [3.8, 4) is 50.6 Å². The molecule has 1 radical (unpaired) electrons. The van der Waals surface area contributed by atoms with Crippen LogP contribution >= 0.6 is 0 Å². The first-order chi connectivity index (χ1) is 33.9. The number of fused-ring (bicyclic) bond motifs is 7. The van der Waals surface area contributed by atoms with Crippen molar-refractivity contribution < 1.29 is 37.4 Å². The molecule has 4 heterocycles. The molecule has 0 spiro atoms. The second kappa shape index (κ2) is 18.3. The Bertz CT molecular complexity index is 3880. The van der Waals surface area contributed by atoms with Crippen molar-refractivity contribution in [2.24, 2.45) is 0 Å². The number of aryl methyl sites for hydroxylation is 1. The van der Waals surface area contributed by atoms with Crippen molar-refractivity contribution in [1.29, 1.82) is 0 Å². The second-order valence-electron chi connectivity index (χ2n) is 17.5. The van der Waals surface area contributed by atoms with Crippen LogP contribution in [0, 0.1) is 24.8 Å². The van der Waals surface area contributed by atoms with Gasteiger partial charge in [-0.25, -0.2) is 0 Å². The molecule has 0 saturated heterocycles. The third-order valence-corrected chi connectivity index (χ3v) is 12.5. The number of pyridine rings is 1. The van der Waals surface area contributed by atoms with Crippen LogP contribution in [0.5, 0.6) is 0 Å². The number of imidazole rings is 1. The maximum Gasteiger partial charge on any atom is 0.140 e. The Labute approximate surface area is 412 Å². The minimum Gasteiger partial charge on any atom is -0.501 e. The van der Waals surface area contributed by atoms with E-state index in [1.807, 2.05) is 12.1 Å². The fourth-order valence-electron chi connectivity index (χ4n) is 9.24. The van der Waals surface area contributed by atoms with Gasteiger partial charge in [0.1, 0.15) is 16.7 Å². The average Bonchev–Trinajstić information content (AvgIpc) is 4.07. The van der Waals surface area contributed by atoms with E-state index in [9.17, 15) is 4.39 Å². The smallest absolute Gasteiger partial charge is 0.140 e. The van der Waals surface area contributed by atoms with Crippen LogP contribution in [-0.4, -0.2) is 14.5 Å². The molecule has 335 valence electrons. The van der Waals surface area contributed by atoms with E-state index in [1.165, 1.54) is 35.5 Å². The molecule has 0 saturated carbocycles. The third-order valence-electron chi connectivity index (χ3n) is 12.5. The van der Waals surface area contributed by atoms with Gasteiger partial charge in [-0.3, -0.25) is 9.37 Å². The molecule has 7 heteroatoms. The predicted molar refractivity (Wildman–Crippen MR) is 272 cm³/mol. The maximum atomic E-state index is 12.7. The Morgan fingerprint density at radius 2 is 1.28 bits per heavy atom. The molecular formula is C61H46FIrN3O2-2. The molecule has 0 aliphatic carbocycles. The number of para-hydroxylation sites is 2. The van der Waals surface area contributed by atoms with Gasteiger partial charge >= 0.3 is 0 Å². The van der Waals surface area contributed by atoms with Crippen LogP contribution in [0.4, 0.5) is 4.39 Å². The van der Waals surface area contributed by atoms with Gasteiger partial charge in [0.15, 0.2) is 0 Å². The topological polar surface area (TPSA) is 57.0 Å². The van der Waals surface area contributed by atoms with Gasteiger partial charge in [0.2, 0.25) is 0 Å². The zero-order chi connectivity index (χ0) is 48.3. The number of rotatable bonds is 7. The molecule has 12 aromatic rings. The summed E-state index contributed by atoms with van der Waals surface area (Å²) in [6.07, 6.45) is 1.31. The molecule has 0 unspecified atom stereocenters. The summed E-state index contributed by atoms with van der Waals surface area (Å²) in [7, 11) is 0. The Kier molecular flexibility index (Phi) is 11.0. The first-order valence-electron chi connectivity index (χ1n) is 24.0. The minimum atomic E-state index is -2.15. The molecule has 68 heavy (non-hydrogen) atoms. The van der Waals surface area contributed by atoms with Gasteiger partial charge in [0.05, 0.1) is 22.4 Å². The number of nitrogens with zero attached hydrogens (tertiary/aromatic N) is 3. The van der Waals surface area contributed by atoms with Crippen LogP contribution in [0.2, 0.25) is 0 Å². The van der Waals surface area contributed by atoms with E-state index < -0.39 is 6.85 Å². The molecule has 0 aliphatic rings. The zero-order valence-corrected chi connectivity index (χ0v) is 40.2. The summed E-state index contributed by atoms with van der Waals surface area (Å²) in [5, 5.41) is 4.38. The first-order valence-corrected chi connectivity index (χ1v) is 22.5. The van der Waals surface area contributed by atoms with Gasteiger partial charge in [-0.1, -0.05) is 142 Å². The summed E-state index contributed by atoms with van der Waals surface area (Å²) in [4.78, 5) is 9.39. The monoisotopic (exact) mass is 1070 g/mol. The predicted octanol–water partition coefficient (Wildman–Crippen LogP) is 16.9. The Morgan fingerprint density at radius 1 is 0.618 bits per heavy atom. The van der Waals surface area contributed by atoms with Gasteiger partial charge in [-0.2, -0.15) is 0 Å². The van der Waals surface area contributed by atoms with E-state index in [4.69, 9.17) is 17.9 Å². The molecule has 0 atom stereocenters. The summed E-state index contributed by atoms with van der Waals surface area (Å²) >= 11 is 0. The summed E-state index contributed by atoms with van der Waals surface area (Å²) in [6.45, 7) is 6.93. The fraction of sp³-hybridized carbons (Fsp3) is 0.115. The van der Waals surface area contributed by atoms with E-state index in [2.05, 4.69) is 177 Å². The van der Waals surface area contributed by atoms with Gasteiger partial charge in [0.25, 0.3) is 0 Å². The molecule has 0 bridgehead atoms. The molecule has 0 amide bonds. The standard InChI is InChI=1S/C49H37N2O2.C12H9FN.Ir/c1-29(2)39-28-40-36-25-23-34(32-16-9-6-10-17-32)27-44(36)53-48(40)45(30(3)4)46(39)51-42-21-12-11-20-41(42)50-49(51)38-19-13-18-37-35-24-22-33(26-43(35)52-47(37)38)31-14-7-5-8-15-31;1-9-2-7-12(14-8-9)10-3-5-11(13)6-4-10;/h5-18,20-30H,1-4H3;2-3,5-8H,1H3;/q2*-1;/i;1D3;. The van der Waals surface area contributed by atoms with E-state index in [0.29, 0.717) is 11.3 Å². The molecule has 12 rings (SSSR count). The quantitative estimate of drug-likeness (QED) is 0.149. The van der Waals surface area contributed by atoms with E-state index in [1.54, 1.807) is 12.1 Å². The van der Waals surface area contributed by atoms with Gasteiger partial charge < -0.3 is 18.4 Å². The first kappa shape index (κ1) is 40.8. The molecule has 0 N–H and O–H groups in total. The zero-order valence-electron chi connectivity index (χ0n) is 40.8. The number of aromatic nitrogens is 3. The van der Waals surface area contributed by atoms with Gasteiger partial charge in [-0.05, 0) is 94.2 Å². The second-order valence-corrected chi connectivity index (χ2v) is 17.5. The van der Waals surface area contributed by atoms with E-state index in [0.717, 1.165) is 94.2 Å². The van der Waals surface area contributed by atoms with Crippen LogP contribution in [0.3, 0.4) is 0 Å². The number of hydrogen-bond acceptors (Lipinski definition) is 4. The molecule has 8 aromatic carbocycles. The van der Waals surface area contributed by atoms with E-state index >= 15 is 0 Å². The molecule has 5 nitrogen and oxygen atoms in total. The van der Waals surface area contributed by atoms with Crippen molar-refractivity contribution in [2.75, 3.05) is 0 Å². The van der Waals surface area contributed by atoms with Gasteiger partial charge in [0, 0.05) is 63.6 Å². The third kappa shape index (κ3) is 8.02. The van der Waals surface area contributed by atoms with Crippen LogP contribution in [0.25, 0.3) is 105 Å². The number of hydrogen-bond donors (Lipinski definition) is 0. The molecule has 0 fully saturated rings. The molecular weight excluding hydrogens is 1020 g/mol. The van der Waals surface area contributed by atoms with Gasteiger partial charge in [-0.15, -0.1) is 48.0 Å². The summed E-state index contributed by atoms with van der Waals surface area (Å²) in [5.41, 5.74) is 15.7. The summed E-state index contributed by atoms with van der Waals surface area (Å²) in [6, 6.07) is 62.4.